The minimum absolute atomic E-state index is 0.0204. The first kappa shape index (κ1) is 13.3. The number of nitrogens with one attached hydrogen (secondary N) is 1. The van der Waals surface area contributed by atoms with Gasteiger partial charge in [-0.05, 0) is 6.92 Å². The molecule has 0 aliphatic heterocycles. The van der Waals surface area contributed by atoms with Crippen LogP contribution >= 0.6 is 0 Å². The van der Waals surface area contributed by atoms with Gasteiger partial charge in [-0.1, -0.05) is 6.92 Å². The van der Waals surface area contributed by atoms with Crippen molar-refractivity contribution in [2.45, 2.75) is 39.2 Å². The van der Waals surface area contributed by atoms with Crippen LogP contribution in [0.1, 0.15) is 33.1 Å². The zero-order chi connectivity index (χ0) is 11.0. The Morgan fingerprint density at radius 1 is 1.43 bits per heavy atom. The summed E-state index contributed by atoms with van der Waals surface area (Å²) in [6.45, 7) is 3.29. The van der Waals surface area contributed by atoms with Crippen LogP contribution in [0, 0.1) is 0 Å². The van der Waals surface area contributed by atoms with Crippen LogP contribution in [0.25, 0.3) is 0 Å². The van der Waals surface area contributed by atoms with Crippen molar-refractivity contribution >= 4 is 19.4 Å². The van der Waals surface area contributed by atoms with Gasteiger partial charge in [0.05, 0.1) is 0 Å². The van der Waals surface area contributed by atoms with Crippen molar-refractivity contribution in [3.8, 4) is 0 Å². The summed E-state index contributed by atoms with van der Waals surface area (Å²) >= 11 is 0. The van der Waals surface area contributed by atoms with Gasteiger partial charge in [-0.3, -0.25) is 9.59 Å². The number of carbonyl (C=O) groups excluding carboxylic acids is 2. The number of carbonyl (C=O) groups is 2. The molecule has 0 aliphatic rings. The molecule has 5 heteroatoms. The summed E-state index contributed by atoms with van der Waals surface area (Å²) in [7, 11) is 5.12. The molecule has 14 heavy (non-hydrogen) atoms. The lowest BCUT2D eigenvalue weighted by Crippen LogP contribution is -2.33. The molecule has 0 aromatic carbocycles. The van der Waals surface area contributed by atoms with E-state index >= 15 is 0 Å². The summed E-state index contributed by atoms with van der Waals surface area (Å²) < 4.78 is 0. The van der Waals surface area contributed by atoms with Crippen LogP contribution in [0.5, 0.6) is 0 Å². The van der Waals surface area contributed by atoms with Crippen molar-refractivity contribution in [2.75, 3.05) is 6.51 Å². The third-order valence-corrected chi connectivity index (χ3v) is 1.74. The van der Waals surface area contributed by atoms with Crippen LogP contribution in [-0.2, 0) is 14.4 Å². The van der Waals surface area contributed by atoms with E-state index in [0.717, 1.165) is 0 Å². The van der Waals surface area contributed by atoms with E-state index in [1.54, 1.807) is 6.92 Å². The number of hydrogen-bond acceptors (Lipinski definition) is 4. The zero-order valence-electron chi connectivity index (χ0n) is 8.71. The van der Waals surface area contributed by atoms with E-state index in [1.807, 2.05) is 0 Å². The van der Waals surface area contributed by atoms with E-state index < -0.39 is 0 Å². The maximum Gasteiger partial charge on any atom is 0.134 e. The van der Waals surface area contributed by atoms with Gasteiger partial charge in [0.25, 0.3) is 0 Å². The highest BCUT2D eigenvalue weighted by atomic mass is 16.6. The molecule has 0 saturated carbocycles. The zero-order valence-corrected chi connectivity index (χ0v) is 8.71. The number of hydroxylamine groups is 1. The molecule has 2 radical (unpaired) electrons. The molecule has 4 nitrogen and oxygen atoms in total. The Kier molecular flexibility index (Phi) is 7.33. The van der Waals surface area contributed by atoms with Crippen LogP contribution in [0.2, 0.25) is 0 Å². The van der Waals surface area contributed by atoms with E-state index in [1.165, 1.54) is 6.92 Å². The molecule has 0 heterocycles. The number of hydrogen-bond donors (Lipinski definition) is 1. The summed E-state index contributed by atoms with van der Waals surface area (Å²) in [4.78, 5) is 26.7. The molecule has 0 spiro atoms. The molecule has 0 bridgehead atoms. The van der Waals surface area contributed by atoms with Gasteiger partial charge in [-0.15, -0.1) is 0 Å². The molecule has 1 N–H and O–H groups in total. The predicted molar refractivity (Wildman–Crippen MR) is 53.8 cm³/mol. The highest BCUT2D eigenvalue weighted by Crippen LogP contribution is 2.02. The van der Waals surface area contributed by atoms with Gasteiger partial charge in [0.15, 0.2) is 0 Å². The summed E-state index contributed by atoms with van der Waals surface area (Å²) in [5.41, 5.74) is 2.60. The molecular formula is C9H16BNO3. The Morgan fingerprint density at radius 3 is 2.50 bits per heavy atom. The van der Waals surface area contributed by atoms with E-state index in [0.29, 0.717) is 12.8 Å². The van der Waals surface area contributed by atoms with Crippen LogP contribution < -0.4 is 5.48 Å². The first-order chi connectivity index (χ1) is 6.60. The fourth-order valence-electron chi connectivity index (χ4n) is 1.09. The smallest absolute Gasteiger partial charge is 0.134 e. The molecule has 0 fully saturated rings. The molecule has 1 unspecified atom stereocenters. The number of Topliss-reactive ketones (excluding diaryl/α,β-unsaturated/α-hetero) is 2. The lowest BCUT2D eigenvalue weighted by molar-refractivity contribution is -0.121. The van der Waals surface area contributed by atoms with Crippen molar-refractivity contribution in [3.05, 3.63) is 0 Å². The normalized spacial score (nSPS) is 12.4. The highest BCUT2D eigenvalue weighted by Gasteiger charge is 2.14. The quantitative estimate of drug-likeness (QED) is 0.450. The monoisotopic (exact) mass is 197 g/mol. The van der Waals surface area contributed by atoms with Crippen molar-refractivity contribution in [1.82, 2.24) is 5.48 Å². The fraction of sp³-hybridized carbons (Fsp3) is 0.778. The molecule has 0 aliphatic carbocycles. The van der Waals surface area contributed by atoms with Crippen molar-refractivity contribution in [2.24, 2.45) is 0 Å². The Hall–Kier alpha value is -0.675. The fourth-order valence-corrected chi connectivity index (χ4v) is 1.09. The summed E-state index contributed by atoms with van der Waals surface area (Å²) in [5.74, 6) is 0.122. The maximum absolute atomic E-state index is 11.1. The molecule has 0 aromatic heterocycles. The van der Waals surface area contributed by atoms with Gasteiger partial charge < -0.3 is 4.84 Å². The molecular weight excluding hydrogens is 181 g/mol. The topological polar surface area (TPSA) is 55.4 Å². The number of ketones is 2. The first-order valence-electron chi connectivity index (χ1n) is 4.68. The van der Waals surface area contributed by atoms with Crippen LogP contribution in [0.3, 0.4) is 0 Å². The average Bonchev–Trinajstić information content (AvgIpc) is 2.13. The SMILES string of the molecule is [B]CONC(CC(C)=O)CC(=O)CC. The average molecular weight is 197 g/mol. The second-order valence-electron chi connectivity index (χ2n) is 3.13. The van der Waals surface area contributed by atoms with Crippen LogP contribution in [0.15, 0.2) is 0 Å². The van der Waals surface area contributed by atoms with Gasteiger partial charge in [-0.2, -0.15) is 5.48 Å². The Morgan fingerprint density at radius 2 is 2.07 bits per heavy atom. The van der Waals surface area contributed by atoms with E-state index in [4.69, 9.17) is 12.7 Å². The van der Waals surface area contributed by atoms with Gasteiger partial charge >= 0.3 is 0 Å². The van der Waals surface area contributed by atoms with E-state index in [9.17, 15) is 9.59 Å². The summed E-state index contributed by atoms with van der Waals surface area (Å²) in [6, 6.07) is -0.261. The van der Waals surface area contributed by atoms with E-state index in [2.05, 4.69) is 5.48 Å². The van der Waals surface area contributed by atoms with Crippen molar-refractivity contribution in [3.63, 3.8) is 0 Å². The van der Waals surface area contributed by atoms with Gasteiger partial charge in [0.1, 0.15) is 19.4 Å². The highest BCUT2D eigenvalue weighted by molar-refractivity contribution is 6.08. The number of rotatable bonds is 8. The van der Waals surface area contributed by atoms with Gasteiger partial charge in [-0.25, -0.2) is 0 Å². The molecule has 0 rings (SSSR count). The van der Waals surface area contributed by atoms with Crippen molar-refractivity contribution < 1.29 is 14.4 Å². The Bertz CT molecular complexity index is 196. The molecule has 0 amide bonds. The summed E-state index contributed by atoms with van der Waals surface area (Å²) in [5, 5.41) is 0. The third kappa shape index (κ3) is 6.80. The molecule has 1 atom stereocenters. The van der Waals surface area contributed by atoms with Crippen LogP contribution in [-0.4, -0.2) is 32.0 Å². The lowest BCUT2D eigenvalue weighted by atomic mass is 10.0. The third-order valence-electron chi connectivity index (χ3n) is 1.74. The minimum atomic E-state index is -0.261. The second-order valence-corrected chi connectivity index (χ2v) is 3.13. The summed E-state index contributed by atoms with van der Waals surface area (Å²) in [6.07, 6.45) is 1.06. The standard InChI is InChI=1S/C9H16BNO3/c1-3-9(13)5-8(4-7(2)12)11-14-6-10/h8,11H,3-6H2,1-2H3. The lowest BCUT2D eigenvalue weighted by Gasteiger charge is -2.15. The second kappa shape index (κ2) is 7.70. The Balaban J connectivity index is 3.96. The maximum atomic E-state index is 11.1. The molecule has 78 valence electrons. The largest absolute Gasteiger partial charge is 0.311 e. The van der Waals surface area contributed by atoms with Gasteiger partial charge in [0, 0.05) is 31.8 Å². The molecule has 0 saturated heterocycles. The first-order valence-corrected chi connectivity index (χ1v) is 4.68. The van der Waals surface area contributed by atoms with Crippen LogP contribution in [0.4, 0.5) is 0 Å². The minimum Gasteiger partial charge on any atom is -0.311 e. The predicted octanol–water partition coefficient (Wildman–Crippen LogP) is 0.350. The molecule has 0 aromatic rings. The van der Waals surface area contributed by atoms with E-state index in [-0.39, 0.29) is 30.5 Å². The van der Waals surface area contributed by atoms with Gasteiger partial charge in [0.2, 0.25) is 0 Å². The van der Waals surface area contributed by atoms with Crippen molar-refractivity contribution in [1.29, 1.82) is 0 Å². The Labute approximate surface area is 85.8 Å².